The first-order chi connectivity index (χ1) is 13.4. The van der Waals surface area contributed by atoms with Gasteiger partial charge in [0.25, 0.3) is 0 Å². The molecule has 134 valence electrons. The molecule has 0 atom stereocenters. The minimum Gasteiger partial charge on any atom is -0.368 e. The van der Waals surface area contributed by atoms with Crippen molar-refractivity contribution < 1.29 is 0 Å². The molecule has 0 spiro atoms. The lowest BCUT2D eigenvalue weighted by Gasteiger charge is -2.36. The van der Waals surface area contributed by atoms with Gasteiger partial charge in [0.15, 0.2) is 0 Å². The van der Waals surface area contributed by atoms with Crippen molar-refractivity contribution in [2.75, 3.05) is 36.0 Å². The molecule has 0 N–H and O–H groups in total. The van der Waals surface area contributed by atoms with Crippen molar-refractivity contribution >= 4 is 32.9 Å². The van der Waals surface area contributed by atoms with Crippen LogP contribution in [0.15, 0.2) is 72.4 Å². The number of para-hydroxylation sites is 1. The highest BCUT2D eigenvalue weighted by atomic mass is 32.1. The quantitative estimate of drug-likeness (QED) is 0.522. The summed E-state index contributed by atoms with van der Waals surface area (Å²) in [6.45, 7) is 3.91. The average molecular weight is 372 g/mol. The van der Waals surface area contributed by atoms with Crippen molar-refractivity contribution in [2.45, 2.75) is 0 Å². The van der Waals surface area contributed by atoms with E-state index in [0.717, 1.165) is 37.7 Å². The lowest BCUT2D eigenvalue weighted by molar-refractivity contribution is 0.646. The fourth-order valence-electron chi connectivity index (χ4n) is 3.65. The van der Waals surface area contributed by atoms with Gasteiger partial charge >= 0.3 is 0 Å². The van der Waals surface area contributed by atoms with Gasteiger partial charge in [-0.1, -0.05) is 36.4 Å². The van der Waals surface area contributed by atoms with Gasteiger partial charge in [-0.2, -0.15) is 0 Å². The molecule has 1 aliphatic heterocycles. The van der Waals surface area contributed by atoms with Crippen molar-refractivity contribution in [2.24, 2.45) is 0 Å². The van der Waals surface area contributed by atoms with E-state index in [1.807, 2.05) is 12.4 Å². The molecule has 2 aromatic carbocycles. The van der Waals surface area contributed by atoms with E-state index >= 15 is 0 Å². The number of aromatic nitrogens is 2. The van der Waals surface area contributed by atoms with Gasteiger partial charge in [0.2, 0.25) is 0 Å². The normalized spacial score (nSPS) is 14.7. The summed E-state index contributed by atoms with van der Waals surface area (Å²) in [5, 5.41) is 3.44. The second kappa shape index (κ2) is 7.00. The largest absolute Gasteiger partial charge is 0.368 e. The number of hydrogen-bond donors (Lipinski definition) is 0. The molecule has 0 saturated carbocycles. The van der Waals surface area contributed by atoms with Gasteiger partial charge in [-0.15, -0.1) is 11.3 Å². The molecule has 0 bridgehead atoms. The third kappa shape index (κ3) is 3.15. The molecule has 4 aromatic rings. The molecule has 27 heavy (non-hydrogen) atoms. The van der Waals surface area contributed by atoms with E-state index in [1.165, 1.54) is 21.3 Å². The van der Waals surface area contributed by atoms with Crippen molar-refractivity contribution in [1.82, 2.24) is 9.97 Å². The summed E-state index contributed by atoms with van der Waals surface area (Å²) in [7, 11) is 0. The monoisotopic (exact) mass is 372 g/mol. The van der Waals surface area contributed by atoms with Crippen LogP contribution >= 0.6 is 11.3 Å². The molecular formula is C22H20N4S. The highest BCUT2D eigenvalue weighted by Gasteiger charge is 2.19. The van der Waals surface area contributed by atoms with Crippen LogP contribution in [-0.2, 0) is 0 Å². The molecule has 5 rings (SSSR count). The Labute approximate surface area is 162 Å². The van der Waals surface area contributed by atoms with Crippen LogP contribution < -0.4 is 9.80 Å². The lowest BCUT2D eigenvalue weighted by Crippen LogP contribution is -2.46. The third-order valence-corrected chi connectivity index (χ3v) is 6.07. The Bertz CT molecular complexity index is 1050. The minimum absolute atomic E-state index is 0.954. The second-order valence-corrected chi connectivity index (χ2v) is 7.63. The zero-order chi connectivity index (χ0) is 18.1. The number of nitrogens with zero attached hydrogens (tertiary/aromatic N) is 4. The van der Waals surface area contributed by atoms with E-state index in [-0.39, 0.29) is 0 Å². The Morgan fingerprint density at radius 1 is 0.778 bits per heavy atom. The molecule has 5 heteroatoms. The first-order valence-corrected chi connectivity index (χ1v) is 10.1. The third-order valence-electron chi connectivity index (χ3n) is 5.10. The van der Waals surface area contributed by atoms with Crippen LogP contribution in [0, 0.1) is 0 Å². The highest BCUT2D eigenvalue weighted by Crippen LogP contribution is 2.33. The van der Waals surface area contributed by atoms with E-state index in [4.69, 9.17) is 4.98 Å². The van der Waals surface area contributed by atoms with Crippen LogP contribution in [0.25, 0.3) is 21.3 Å². The summed E-state index contributed by atoms with van der Waals surface area (Å²) in [5.41, 5.74) is 3.42. The number of anilines is 2. The van der Waals surface area contributed by atoms with Crippen LogP contribution in [0.2, 0.25) is 0 Å². The van der Waals surface area contributed by atoms with Crippen LogP contribution in [-0.4, -0.2) is 36.1 Å². The van der Waals surface area contributed by atoms with Crippen molar-refractivity contribution in [3.63, 3.8) is 0 Å². The smallest absolute Gasteiger partial charge is 0.147 e. The molecule has 0 aliphatic carbocycles. The first kappa shape index (κ1) is 16.3. The Balaban J connectivity index is 1.37. The summed E-state index contributed by atoms with van der Waals surface area (Å²) in [6, 6.07) is 19.1. The van der Waals surface area contributed by atoms with Gasteiger partial charge in [0, 0.05) is 52.9 Å². The molecule has 1 saturated heterocycles. The Morgan fingerprint density at radius 2 is 1.52 bits per heavy atom. The molecule has 0 amide bonds. The van der Waals surface area contributed by atoms with Crippen LogP contribution in [0.5, 0.6) is 0 Å². The summed E-state index contributed by atoms with van der Waals surface area (Å²) in [6.07, 6.45) is 3.76. The maximum absolute atomic E-state index is 4.94. The SMILES string of the molecule is c1ccc(N2CCN(c3cncc(-c4csc5ccccc45)n3)CC2)cc1. The summed E-state index contributed by atoms with van der Waals surface area (Å²) in [5.74, 6) is 0.968. The van der Waals surface area contributed by atoms with Gasteiger partial charge < -0.3 is 9.80 Å². The molecule has 3 heterocycles. The Hall–Kier alpha value is -2.92. The van der Waals surface area contributed by atoms with E-state index in [1.54, 1.807) is 11.3 Å². The molecular weight excluding hydrogens is 352 g/mol. The van der Waals surface area contributed by atoms with Gasteiger partial charge in [-0.3, -0.25) is 4.98 Å². The average Bonchev–Trinajstić information content (AvgIpc) is 3.19. The molecule has 1 aliphatic rings. The summed E-state index contributed by atoms with van der Waals surface area (Å²) < 4.78 is 1.29. The molecule has 4 nitrogen and oxygen atoms in total. The standard InChI is InChI=1S/C22H20N4S/c1-2-6-17(7-3-1)25-10-12-26(13-11-25)22-15-23-14-20(24-22)19-16-27-21-9-5-4-8-18(19)21/h1-9,14-16H,10-13H2. The topological polar surface area (TPSA) is 32.3 Å². The maximum Gasteiger partial charge on any atom is 0.147 e. The van der Waals surface area contributed by atoms with E-state index in [0.29, 0.717) is 0 Å². The van der Waals surface area contributed by atoms with Crippen LogP contribution in [0.3, 0.4) is 0 Å². The summed E-state index contributed by atoms with van der Waals surface area (Å²) in [4.78, 5) is 14.2. The number of fused-ring (bicyclic) bond motifs is 1. The van der Waals surface area contributed by atoms with Crippen molar-refractivity contribution in [3.05, 3.63) is 72.4 Å². The number of thiophene rings is 1. The molecule has 0 unspecified atom stereocenters. The number of benzene rings is 2. The molecule has 0 radical (unpaired) electrons. The van der Waals surface area contributed by atoms with Crippen molar-refractivity contribution in [1.29, 1.82) is 0 Å². The van der Waals surface area contributed by atoms with Gasteiger partial charge in [0.1, 0.15) is 5.82 Å². The van der Waals surface area contributed by atoms with Gasteiger partial charge in [-0.05, 0) is 18.2 Å². The predicted octanol–water partition coefficient (Wildman–Crippen LogP) is 4.68. The Morgan fingerprint density at radius 3 is 2.37 bits per heavy atom. The second-order valence-electron chi connectivity index (χ2n) is 6.72. The van der Waals surface area contributed by atoms with E-state index in [2.05, 4.69) is 74.8 Å². The van der Waals surface area contributed by atoms with Crippen LogP contribution in [0.1, 0.15) is 0 Å². The Kier molecular flexibility index (Phi) is 4.22. The van der Waals surface area contributed by atoms with Crippen molar-refractivity contribution in [3.8, 4) is 11.3 Å². The summed E-state index contributed by atoms with van der Waals surface area (Å²) >= 11 is 1.76. The number of hydrogen-bond acceptors (Lipinski definition) is 5. The number of piperazine rings is 1. The van der Waals surface area contributed by atoms with E-state index in [9.17, 15) is 0 Å². The van der Waals surface area contributed by atoms with Gasteiger partial charge in [0.05, 0.1) is 18.1 Å². The van der Waals surface area contributed by atoms with Crippen LogP contribution in [0.4, 0.5) is 11.5 Å². The highest BCUT2D eigenvalue weighted by molar-refractivity contribution is 7.17. The number of rotatable bonds is 3. The molecule has 1 fully saturated rings. The fourth-order valence-corrected chi connectivity index (χ4v) is 4.60. The van der Waals surface area contributed by atoms with E-state index < -0.39 is 0 Å². The minimum atomic E-state index is 0.954. The lowest BCUT2D eigenvalue weighted by atomic mass is 10.1. The zero-order valence-electron chi connectivity index (χ0n) is 15.0. The van der Waals surface area contributed by atoms with Gasteiger partial charge in [-0.25, -0.2) is 4.98 Å². The maximum atomic E-state index is 4.94. The zero-order valence-corrected chi connectivity index (χ0v) is 15.8. The fraction of sp³-hybridized carbons (Fsp3) is 0.182. The first-order valence-electron chi connectivity index (χ1n) is 9.22. The predicted molar refractivity (Wildman–Crippen MR) is 114 cm³/mol. The molecule has 2 aromatic heterocycles.